The number of hydrogen-bond donors (Lipinski definition) is 1. The molecule has 0 aliphatic rings. The Morgan fingerprint density at radius 2 is 1.84 bits per heavy atom. The highest BCUT2D eigenvalue weighted by Gasteiger charge is 2.12. The van der Waals surface area contributed by atoms with Crippen molar-refractivity contribution in [1.82, 2.24) is 19.9 Å². The molecular weight excluding hydrogens is 404 g/mol. The maximum atomic E-state index is 10.8. The molecule has 2 heterocycles. The van der Waals surface area contributed by atoms with E-state index in [1.165, 1.54) is 17.1 Å². The summed E-state index contributed by atoms with van der Waals surface area (Å²) in [6, 6.07) is 14.2. The molecule has 0 fully saturated rings. The fraction of sp³-hybridized carbons (Fsp3) is 0.100. The van der Waals surface area contributed by atoms with Crippen LogP contribution in [0.2, 0.25) is 0 Å². The summed E-state index contributed by atoms with van der Waals surface area (Å²) in [5, 5.41) is 18.7. The molecule has 11 heteroatoms. The monoisotopic (exact) mass is 420 g/mol. The van der Waals surface area contributed by atoms with Crippen molar-refractivity contribution in [2.24, 2.45) is 5.73 Å². The summed E-state index contributed by atoms with van der Waals surface area (Å²) in [6.45, 7) is 0.201. The highest BCUT2D eigenvalue weighted by atomic mass is 16.6. The Morgan fingerprint density at radius 1 is 1.13 bits per heavy atom. The lowest BCUT2D eigenvalue weighted by Gasteiger charge is -2.03. The predicted octanol–water partition coefficient (Wildman–Crippen LogP) is 2.42. The van der Waals surface area contributed by atoms with E-state index in [-0.39, 0.29) is 12.3 Å². The molecule has 0 atom stereocenters. The van der Waals surface area contributed by atoms with E-state index in [4.69, 9.17) is 15.0 Å². The molecule has 0 spiro atoms. The zero-order valence-electron chi connectivity index (χ0n) is 16.0. The smallest absolute Gasteiger partial charge is 0.307 e. The van der Waals surface area contributed by atoms with Gasteiger partial charge in [-0.2, -0.15) is 10.1 Å². The summed E-state index contributed by atoms with van der Waals surface area (Å²) in [5.41, 5.74) is 7.36. The van der Waals surface area contributed by atoms with Gasteiger partial charge in [-0.05, 0) is 42.0 Å². The Balaban J connectivity index is 1.43. The summed E-state index contributed by atoms with van der Waals surface area (Å²) in [7, 11) is 0. The molecule has 0 unspecified atom stereocenters. The van der Waals surface area contributed by atoms with Gasteiger partial charge in [-0.3, -0.25) is 19.6 Å². The van der Waals surface area contributed by atoms with Crippen LogP contribution in [0.4, 0.5) is 5.69 Å². The number of hydrogen-bond acceptors (Lipinski definition) is 8. The molecule has 1 amide bonds. The summed E-state index contributed by atoms with van der Waals surface area (Å²) in [5.74, 6) is 0.711. The van der Waals surface area contributed by atoms with E-state index in [1.807, 2.05) is 24.3 Å². The third-order valence-electron chi connectivity index (χ3n) is 4.30. The van der Waals surface area contributed by atoms with Crippen LogP contribution in [0.25, 0.3) is 22.8 Å². The number of aromatic nitrogens is 4. The van der Waals surface area contributed by atoms with Gasteiger partial charge in [0.05, 0.1) is 11.5 Å². The highest BCUT2D eigenvalue weighted by Crippen LogP contribution is 2.24. The van der Waals surface area contributed by atoms with Crippen LogP contribution in [-0.4, -0.2) is 37.4 Å². The number of nitrogens with zero attached hydrogens (tertiary/aromatic N) is 5. The molecule has 0 aliphatic heterocycles. The minimum atomic E-state index is -0.552. The summed E-state index contributed by atoms with van der Waals surface area (Å²) in [6.07, 6.45) is 2.59. The molecule has 2 aromatic carbocycles. The van der Waals surface area contributed by atoms with Gasteiger partial charge in [-0.15, -0.1) is 0 Å². The van der Waals surface area contributed by atoms with Crippen molar-refractivity contribution in [3.8, 4) is 28.6 Å². The molecule has 0 saturated heterocycles. The number of rotatable bonds is 8. The standard InChI is InChI=1S/C20H16N6O5/c21-18(27)12-30-17-7-5-14(6-8-17)19-23-20(31-24-19)15-3-1-13(2-4-15)10-25-11-16(9-22-25)26(28)29/h1-9,11H,10,12H2,(H2,21,27). The molecule has 31 heavy (non-hydrogen) atoms. The predicted molar refractivity (Wildman–Crippen MR) is 108 cm³/mol. The molecule has 4 aromatic rings. The zero-order valence-corrected chi connectivity index (χ0v) is 16.0. The number of nitro groups is 1. The lowest BCUT2D eigenvalue weighted by atomic mass is 10.1. The molecule has 2 aromatic heterocycles. The SMILES string of the molecule is NC(=O)COc1ccc(-c2noc(-c3ccc(Cn4cc([N+](=O)[O-])cn4)cc3)n2)cc1. The summed E-state index contributed by atoms with van der Waals surface area (Å²) >= 11 is 0. The molecule has 11 nitrogen and oxygen atoms in total. The van der Waals surface area contributed by atoms with Crippen LogP contribution in [0.15, 0.2) is 65.4 Å². The first-order valence-electron chi connectivity index (χ1n) is 9.09. The molecule has 0 bridgehead atoms. The van der Waals surface area contributed by atoms with Gasteiger partial charge in [0.25, 0.3) is 11.8 Å². The van der Waals surface area contributed by atoms with E-state index in [9.17, 15) is 14.9 Å². The molecule has 156 valence electrons. The maximum absolute atomic E-state index is 10.8. The average molecular weight is 420 g/mol. The molecule has 0 radical (unpaired) electrons. The fourth-order valence-electron chi connectivity index (χ4n) is 2.79. The summed E-state index contributed by atoms with van der Waals surface area (Å²) < 4.78 is 12.1. The number of nitrogens with two attached hydrogens (primary N) is 1. The minimum Gasteiger partial charge on any atom is -0.484 e. The Labute approximate surface area is 175 Å². The van der Waals surface area contributed by atoms with Crippen LogP contribution in [0.3, 0.4) is 0 Å². The number of amides is 1. The van der Waals surface area contributed by atoms with Gasteiger partial charge in [0, 0.05) is 11.1 Å². The molecule has 4 rings (SSSR count). The lowest BCUT2D eigenvalue weighted by Crippen LogP contribution is -2.19. The second-order valence-corrected chi connectivity index (χ2v) is 6.55. The van der Waals surface area contributed by atoms with Gasteiger partial charge in [0.1, 0.15) is 18.1 Å². The normalized spacial score (nSPS) is 10.7. The van der Waals surface area contributed by atoms with Gasteiger partial charge in [-0.25, -0.2) is 0 Å². The zero-order chi connectivity index (χ0) is 21.8. The van der Waals surface area contributed by atoms with Crippen molar-refractivity contribution in [2.45, 2.75) is 6.54 Å². The van der Waals surface area contributed by atoms with Gasteiger partial charge in [0.15, 0.2) is 6.61 Å². The second kappa shape index (κ2) is 8.45. The third kappa shape index (κ3) is 4.72. The van der Waals surface area contributed by atoms with Crippen molar-refractivity contribution in [1.29, 1.82) is 0 Å². The topological polar surface area (TPSA) is 152 Å². The van der Waals surface area contributed by atoms with E-state index >= 15 is 0 Å². The number of primary amides is 1. The van der Waals surface area contributed by atoms with Crippen LogP contribution < -0.4 is 10.5 Å². The molecule has 0 aliphatic carbocycles. The van der Waals surface area contributed by atoms with Gasteiger partial charge >= 0.3 is 5.69 Å². The second-order valence-electron chi connectivity index (χ2n) is 6.55. The van der Waals surface area contributed by atoms with Crippen LogP contribution in [0, 0.1) is 10.1 Å². The van der Waals surface area contributed by atoms with E-state index in [0.717, 1.165) is 16.7 Å². The average Bonchev–Trinajstić information content (AvgIpc) is 3.43. The third-order valence-corrected chi connectivity index (χ3v) is 4.30. The van der Waals surface area contributed by atoms with E-state index in [0.29, 0.717) is 24.0 Å². The Kier molecular flexibility index (Phi) is 5.39. The van der Waals surface area contributed by atoms with Crippen molar-refractivity contribution in [3.63, 3.8) is 0 Å². The Morgan fingerprint density at radius 3 is 2.48 bits per heavy atom. The number of ether oxygens (including phenoxy) is 1. The fourth-order valence-corrected chi connectivity index (χ4v) is 2.79. The van der Waals surface area contributed by atoms with E-state index in [2.05, 4.69) is 15.2 Å². The van der Waals surface area contributed by atoms with Gasteiger partial charge in [-0.1, -0.05) is 17.3 Å². The number of benzene rings is 2. The van der Waals surface area contributed by atoms with Crippen LogP contribution in [-0.2, 0) is 11.3 Å². The van der Waals surface area contributed by atoms with Crippen molar-refractivity contribution in [3.05, 3.63) is 76.6 Å². The number of carbonyl (C=O) groups is 1. The Hall–Kier alpha value is -4.54. The first-order chi connectivity index (χ1) is 15.0. The van der Waals surface area contributed by atoms with Crippen LogP contribution in [0.1, 0.15) is 5.56 Å². The lowest BCUT2D eigenvalue weighted by molar-refractivity contribution is -0.385. The van der Waals surface area contributed by atoms with E-state index < -0.39 is 10.8 Å². The van der Waals surface area contributed by atoms with Crippen molar-refractivity contribution < 1.29 is 19.0 Å². The van der Waals surface area contributed by atoms with Crippen LogP contribution in [0.5, 0.6) is 5.75 Å². The largest absolute Gasteiger partial charge is 0.484 e. The molecule has 2 N–H and O–H groups in total. The quantitative estimate of drug-likeness (QED) is 0.337. The van der Waals surface area contributed by atoms with E-state index in [1.54, 1.807) is 24.3 Å². The first-order valence-corrected chi connectivity index (χ1v) is 9.09. The van der Waals surface area contributed by atoms with Gasteiger partial charge in [0.2, 0.25) is 5.82 Å². The molecule has 0 saturated carbocycles. The molecular formula is C20H16N6O5. The van der Waals surface area contributed by atoms with Crippen LogP contribution >= 0.6 is 0 Å². The maximum Gasteiger partial charge on any atom is 0.307 e. The van der Waals surface area contributed by atoms with Gasteiger partial charge < -0.3 is 15.0 Å². The number of carbonyl (C=O) groups excluding carboxylic acids is 1. The first kappa shape index (κ1) is 19.8. The summed E-state index contributed by atoms with van der Waals surface area (Å²) in [4.78, 5) is 25.4. The Bertz CT molecular complexity index is 1210. The highest BCUT2D eigenvalue weighted by molar-refractivity contribution is 5.75. The van der Waals surface area contributed by atoms with Crippen molar-refractivity contribution >= 4 is 11.6 Å². The van der Waals surface area contributed by atoms with Crippen molar-refractivity contribution in [2.75, 3.05) is 6.61 Å². The minimum absolute atomic E-state index is 0.0533.